The standard InChI is InChI=1S/C20H21ClN4O2.ClH/c21-15-6-2-1-5-14(15)18-11-22-9-10-24(18)13-20(27)25-12-19(26)23-16-7-3-4-8-17(16)25;/h1-8,18,22H,9-13H2,(H,23,26);1H. The van der Waals surface area contributed by atoms with Crippen LogP contribution in [0.2, 0.25) is 5.02 Å². The molecule has 0 radical (unpaired) electrons. The molecule has 1 atom stereocenters. The molecule has 148 valence electrons. The fourth-order valence-electron chi connectivity index (χ4n) is 3.70. The number of hydrogen-bond donors (Lipinski definition) is 2. The van der Waals surface area contributed by atoms with Crippen LogP contribution in [0.1, 0.15) is 11.6 Å². The molecule has 2 N–H and O–H groups in total. The summed E-state index contributed by atoms with van der Waals surface area (Å²) in [5, 5.41) is 6.89. The summed E-state index contributed by atoms with van der Waals surface area (Å²) < 4.78 is 0. The van der Waals surface area contributed by atoms with Crippen molar-refractivity contribution in [3.63, 3.8) is 0 Å². The van der Waals surface area contributed by atoms with Gasteiger partial charge in [0, 0.05) is 30.7 Å². The van der Waals surface area contributed by atoms with Crippen LogP contribution < -0.4 is 15.5 Å². The molecule has 0 aromatic heterocycles. The van der Waals surface area contributed by atoms with Gasteiger partial charge in [0.05, 0.1) is 17.9 Å². The number of fused-ring (bicyclic) bond motifs is 1. The van der Waals surface area contributed by atoms with E-state index in [9.17, 15) is 9.59 Å². The average Bonchev–Trinajstić information content (AvgIpc) is 2.68. The lowest BCUT2D eigenvalue weighted by atomic mass is 10.0. The second kappa shape index (κ2) is 8.92. The van der Waals surface area contributed by atoms with E-state index in [1.54, 1.807) is 4.90 Å². The van der Waals surface area contributed by atoms with Crippen LogP contribution in [0.15, 0.2) is 48.5 Å². The van der Waals surface area contributed by atoms with Crippen LogP contribution >= 0.6 is 24.0 Å². The minimum absolute atomic E-state index is 0. The fourth-order valence-corrected chi connectivity index (χ4v) is 3.96. The van der Waals surface area contributed by atoms with E-state index in [4.69, 9.17) is 11.6 Å². The molecule has 2 amide bonds. The monoisotopic (exact) mass is 420 g/mol. The molecule has 2 heterocycles. The summed E-state index contributed by atoms with van der Waals surface area (Å²) in [5.74, 6) is -0.263. The number of carbonyl (C=O) groups is 2. The SMILES string of the molecule is Cl.O=C1CN(C(=O)CN2CCNCC2c2ccccc2Cl)c2ccccc2N1. The van der Waals surface area contributed by atoms with E-state index >= 15 is 0 Å². The minimum Gasteiger partial charge on any atom is -0.323 e. The molecule has 1 unspecified atom stereocenters. The number of anilines is 2. The van der Waals surface area contributed by atoms with Crippen molar-refractivity contribution in [3.05, 3.63) is 59.1 Å². The third-order valence-corrected chi connectivity index (χ3v) is 5.37. The van der Waals surface area contributed by atoms with Crippen molar-refractivity contribution < 1.29 is 9.59 Å². The van der Waals surface area contributed by atoms with Crippen LogP contribution in [0.5, 0.6) is 0 Å². The van der Waals surface area contributed by atoms with Gasteiger partial charge in [-0.3, -0.25) is 19.4 Å². The third-order valence-electron chi connectivity index (χ3n) is 5.03. The van der Waals surface area contributed by atoms with Crippen LogP contribution in [0.3, 0.4) is 0 Å². The van der Waals surface area contributed by atoms with Gasteiger partial charge in [-0.2, -0.15) is 0 Å². The number of rotatable bonds is 3. The summed E-state index contributed by atoms with van der Waals surface area (Å²) in [5.41, 5.74) is 2.42. The molecule has 2 aromatic carbocycles. The Hall–Kier alpha value is -2.12. The number of piperazine rings is 1. The molecule has 0 saturated carbocycles. The molecular formula is C20H22Cl2N4O2. The molecule has 28 heavy (non-hydrogen) atoms. The molecular weight excluding hydrogens is 399 g/mol. The van der Waals surface area contributed by atoms with Gasteiger partial charge in [0.1, 0.15) is 6.54 Å². The van der Waals surface area contributed by atoms with Gasteiger partial charge in [0.2, 0.25) is 11.8 Å². The van der Waals surface area contributed by atoms with Gasteiger partial charge in [0.25, 0.3) is 0 Å². The highest BCUT2D eigenvalue weighted by molar-refractivity contribution is 6.31. The Bertz CT molecular complexity index is 877. The molecule has 2 aliphatic rings. The molecule has 2 aliphatic heterocycles. The van der Waals surface area contributed by atoms with E-state index < -0.39 is 0 Å². The summed E-state index contributed by atoms with van der Waals surface area (Å²) in [4.78, 5) is 28.8. The Kier molecular flexibility index (Phi) is 6.57. The summed E-state index contributed by atoms with van der Waals surface area (Å²) in [7, 11) is 0. The Labute approximate surface area is 175 Å². The van der Waals surface area contributed by atoms with Crippen LogP contribution in [0.25, 0.3) is 0 Å². The van der Waals surface area contributed by atoms with Gasteiger partial charge >= 0.3 is 0 Å². The van der Waals surface area contributed by atoms with Crippen molar-refractivity contribution in [3.8, 4) is 0 Å². The average molecular weight is 421 g/mol. The second-order valence-corrected chi connectivity index (χ2v) is 7.16. The third kappa shape index (κ3) is 4.15. The van der Waals surface area contributed by atoms with E-state index in [0.29, 0.717) is 10.7 Å². The minimum atomic E-state index is -0.176. The molecule has 0 spiro atoms. The zero-order valence-corrected chi connectivity index (χ0v) is 16.8. The van der Waals surface area contributed by atoms with Crippen molar-refractivity contribution in [1.29, 1.82) is 0 Å². The first kappa shape index (κ1) is 20.6. The Morgan fingerprint density at radius 2 is 1.89 bits per heavy atom. The number of halogens is 2. The molecule has 4 rings (SSSR count). The lowest BCUT2D eigenvalue weighted by Crippen LogP contribution is -2.52. The Morgan fingerprint density at radius 3 is 2.71 bits per heavy atom. The van der Waals surface area contributed by atoms with Gasteiger partial charge in [0.15, 0.2) is 0 Å². The Morgan fingerprint density at radius 1 is 1.14 bits per heavy atom. The van der Waals surface area contributed by atoms with E-state index in [2.05, 4.69) is 15.5 Å². The highest BCUT2D eigenvalue weighted by Crippen LogP contribution is 2.31. The number of carbonyl (C=O) groups excluding carboxylic acids is 2. The number of nitrogens with zero attached hydrogens (tertiary/aromatic N) is 2. The van der Waals surface area contributed by atoms with Crippen molar-refractivity contribution in [2.75, 3.05) is 42.9 Å². The largest absolute Gasteiger partial charge is 0.323 e. The summed E-state index contributed by atoms with van der Waals surface area (Å²) >= 11 is 6.39. The second-order valence-electron chi connectivity index (χ2n) is 6.76. The maximum absolute atomic E-state index is 13.1. The smallest absolute Gasteiger partial charge is 0.244 e. The van der Waals surface area contributed by atoms with E-state index in [1.807, 2.05) is 48.5 Å². The summed E-state index contributed by atoms with van der Waals surface area (Å²) in [6.07, 6.45) is 0. The number of amides is 2. The molecule has 1 saturated heterocycles. The number of para-hydroxylation sites is 2. The van der Waals surface area contributed by atoms with Crippen LogP contribution in [0, 0.1) is 0 Å². The van der Waals surface area contributed by atoms with Crippen molar-refractivity contribution in [2.45, 2.75) is 6.04 Å². The molecule has 0 aliphatic carbocycles. The van der Waals surface area contributed by atoms with Crippen molar-refractivity contribution in [1.82, 2.24) is 10.2 Å². The predicted octanol–water partition coefficient (Wildman–Crippen LogP) is 2.69. The first-order valence-corrected chi connectivity index (χ1v) is 9.40. The fraction of sp³-hybridized carbons (Fsp3) is 0.300. The lowest BCUT2D eigenvalue weighted by Gasteiger charge is -2.38. The first-order valence-electron chi connectivity index (χ1n) is 9.02. The molecule has 8 heteroatoms. The number of hydrogen-bond acceptors (Lipinski definition) is 4. The maximum atomic E-state index is 13.1. The lowest BCUT2D eigenvalue weighted by molar-refractivity contribution is -0.123. The van der Waals surface area contributed by atoms with E-state index in [-0.39, 0.29) is 43.4 Å². The maximum Gasteiger partial charge on any atom is 0.244 e. The molecule has 2 aromatic rings. The van der Waals surface area contributed by atoms with Crippen LogP contribution in [-0.2, 0) is 9.59 Å². The number of nitrogens with one attached hydrogen (secondary N) is 2. The summed E-state index contributed by atoms with van der Waals surface area (Å²) in [6, 6.07) is 15.1. The van der Waals surface area contributed by atoms with Gasteiger partial charge in [-0.1, -0.05) is 41.9 Å². The zero-order valence-electron chi connectivity index (χ0n) is 15.2. The zero-order chi connectivity index (χ0) is 18.8. The van der Waals surface area contributed by atoms with E-state index in [0.717, 1.165) is 30.9 Å². The van der Waals surface area contributed by atoms with Crippen LogP contribution in [0.4, 0.5) is 11.4 Å². The van der Waals surface area contributed by atoms with Gasteiger partial charge < -0.3 is 10.6 Å². The molecule has 1 fully saturated rings. The highest BCUT2D eigenvalue weighted by Gasteiger charge is 2.31. The van der Waals surface area contributed by atoms with Crippen molar-refractivity contribution in [2.24, 2.45) is 0 Å². The van der Waals surface area contributed by atoms with Gasteiger partial charge in [-0.15, -0.1) is 12.4 Å². The number of benzene rings is 2. The van der Waals surface area contributed by atoms with Crippen molar-refractivity contribution >= 4 is 47.2 Å². The molecule has 0 bridgehead atoms. The predicted molar refractivity (Wildman–Crippen MR) is 113 cm³/mol. The van der Waals surface area contributed by atoms with Gasteiger partial charge in [-0.25, -0.2) is 0 Å². The first-order chi connectivity index (χ1) is 13.1. The van der Waals surface area contributed by atoms with E-state index in [1.165, 1.54) is 0 Å². The van der Waals surface area contributed by atoms with Crippen LogP contribution in [-0.4, -0.2) is 49.4 Å². The summed E-state index contributed by atoms with van der Waals surface area (Å²) in [6.45, 7) is 2.56. The normalized spacial score (nSPS) is 19.4. The Balaban J connectivity index is 0.00000225. The highest BCUT2D eigenvalue weighted by atomic mass is 35.5. The topological polar surface area (TPSA) is 64.7 Å². The quantitative estimate of drug-likeness (QED) is 0.800. The molecule has 6 nitrogen and oxygen atoms in total. The van der Waals surface area contributed by atoms with Gasteiger partial charge in [-0.05, 0) is 23.8 Å².